The monoisotopic (exact) mass is 277 g/mol. The standard InChI is InChI=1S/C15H16FNO3/c16-12-4-2-1-3-11(12)15(7-8-15)17-13(18)9-5-6-10(9)14(19)20/h1-4,9-10H,5-8H2,(H,17,18)(H,19,20). The van der Waals surface area contributed by atoms with Gasteiger partial charge in [0, 0.05) is 5.56 Å². The largest absolute Gasteiger partial charge is 0.481 e. The lowest BCUT2D eigenvalue weighted by molar-refractivity contribution is -0.153. The van der Waals surface area contributed by atoms with Crippen molar-refractivity contribution in [3.05, 3.63) is 35.6 Å². The molecule has 1 aromatic rings. The third-order valence-electron chi connectivity index (χ3n) is 4.43. The van der Waals surface area contributed by atoms with Crippen molar-refractivity contribution in [3.8, 4) is 0 Å². The van der Waals surface area contributed by atoms with Crippen LogP contribution in [0.4, 0.5) is 4.39 Å². The Morgan fingerprint density at radius 2 is 1.85 bits per heavy atom. The smallest absolute Gasteiger partial charge is 0.307 e. The summed E-state index contributed by atoms with van der Waals surface area (Å²) in [6.07, 6.45) is 2.53. The molecule has 2 atom stereocenters. The van der Waals surface area contributed by atoms with Crippen LogP contribution in [0.25, 0.3) is 0 Å². The van der Waals surface area contributed by atoms with Crippen LogP contribution < -0.4 is 5.32 Å². The number of aliphatic carboxylic acids is 1. The van der Waals surface area contributed by atoms with Crippen LogP contribution >= 0.6 is 0 Å². The molecule has 2 N–H and O–H groups in total. The molecular weight excluding hydrogens is 261 g/mol. The minimum atomic E-state index is -0.924. The van der Waals surface area contributed by atoms with E-state index in [9.17, 15) is 14.0 Å². The molecule has 20 heavy (non-hydrogen) atoms. The van der Waals surface area contributed by atoms with Crippen LogP contribution in [-0.2, 0) is 15.1 Å². The molecule has 2 fully saturated rings. The molecule has 0 radical (unpaired) electrons. The molecule has 5 heteroatoms. The van der Waals surface area contributed by atoms with Crippen molar-refractivity contribution in [1.29, 1.82) is 0 Å². The summed E-state index contributed by atoms with van der Waals surface area (Å²) in [6.45, 7) is 0. The van der Waals surface area contributed by atoms with Crippen molar-refractivity contribution in [1.82, 2.24) is 5.32 Å². The van der Waals surface area contributed by atoms with Crippen molar-refractivity contribution in [2.75, 3.05) is 0 Å². The van der Waals surface area contributed by atoms with Crippen molar-refractivity contribution in [2.24, 2.45) is 11.8 Å². The van der Waals surface area contributed by atoms with E-state index in [0.29, 0.717) is 31.2 Å². The summed E-state index contributed by atoms with van der Waals surface area (Å²) in [5, 5.41) is 11.9. The van der Waals surface area contributed by atoms with Gasteiger partial charge in [0.15, 0.2) is 0 Å². The second-order valence-corrected chi connectivity index (χ2v) is 5.68. The molecule has 3 rings (SSSR count). The van der Waals surface area contributed by atoms with E-state index >= 15 is 0 Å². The zero-order valence-electron chi connectivity index (χ0n) is 10.9. The quantitative estimate of drug-likeness (QED) is 0.885. The van der Waals surface area contributed by atoms with Gasteiger partial charge >= 0.3 is 5.97 Å². The molecule has 0 heterocycles. The van der Waals surface area contributed by atoms with Gasteiger partial charge in [-0.1, -0.05) is 18.2 Å². The number of carbonyl (C=O) groups is 2. The van der Waals surface area contributed by atoms with Gasteiger partial charge in [-0.25, -0.2) is 4.39 Å². The van der Waals surface area contributed by atoms with Gasteiger partial charge < -0.3 is 10.4 Å². The topological polar surface area (TPSA) is 66.4 Å². The fraction of sp³-hybridized carbons (Fsp3) is 0.467. The first-order valence-electron chi connectivity index (χ1n) is 6.83. The Bertz CT molecular complexity index is 568. The Labute approximate surface area is 116 Å². The predicted octanol–water partition coefficient (Wildman–Crippen LogP) is 2.04. The summed E-state index contributed by atoms with van der Waals surface area (Å²) < 4.78 is 13.8. The Balaban J connectivity index is 1.73. The molecular formula is C15H16FNO3. The van der Waals surface area contributed by atoms with Gasteiger partial charge in [0.1, 0.15) is 5.82 Å². The van der Waals surface area contributed by atoms with Crippen LogP contribution in [0, 0.1) is 17.7 Å². The molecule has 0 aliphatic heterocycles. The van der Waals surface area contributed by atoms with E-state index in [4.69, 9.17) is 5.11 Å². The van der Waals surface area contributed by atoms with Crippen LogP contribution in [-0.4, -0.2) is 17.0 Å². The SMILES string of the molecule is O=C(O)C1CCC1C(=O)NC1(c2ccccc2F)CC1. The van der Waals surface area contributed by atoms with Crippen LogP contribution in [0.15, 0.2) is 24.3 Å². The maximum atomic E-state index is 13.8. The lowest BCUT2D eigenvalue weighted by atomic mass is 9.73. The van der Waals surface area contributed by atoms with Crippen molar-refractivity contribution >= 4 is 11.9 Å². The van der Waals surface area contributed by atoms with Gasteiger partial charge in [0.05, 0.1) is 17.4 Å². The van der Waals surface area contributed by atoms with Crippen molar-refractivity contribution in [2.45, 2.75) is 31.2 Å². The number of nitrogens with one attached hydrogen (secondary N) is 1. The lowest BCUT2D eigenvalue weighted by Gasteiger charge is -2.33. The lowest BCUT2D eigenvalue weighted by Crippen LogP contribution is -2.47. The normalized spacial score (nSPS) is 26.4. The van der Waals surface area contributed by atoms with E-state index in [2.05, 4.69) is 5.32 Å². The summed E-state index contributed by atoms with van der Waals surface area (Å²) in [5.74, 6) is -2.58. The highest BCUT2D eigenvalue weighted by Gasteiger charge is 2.50. The summed E-state index contributed by atoms with van der Waals surface area (Å²) in [6, 6.07) is 6.42. The average molecular weight is 277 g/mol. The maximum Gasteiger partial charge on any atom is 0.307 e. The number of carbonyl (C=O) groups excluding carboxylic acids is 1. The van der Waals surface area contributed by atoms with Crippen LogP contribution in [0.3, 0.4) is 0 Å². The minimum Gasteiger partial charge on any atom is -0.481 e. The van der Waals surface area contributed by atoms with E-state index in [1.54, 1.807) is 18.2 Å². The maximum absolute atomic E-state index is 13.8. The molecule has 1 amide bonds. The second-order valence-electron chi connectivity index (χ2n) is 5.68. The molecule has 2 saturated carbocycles. The van der Waals surface area contributed by atoms with E-state index in [0.717, 1.165) is 0 Å². The number of carboxylic acid groups (broad SMARTS) is 1. The van der Waals surface area contributed by atoms with E-state index in [1.165, 1.54) is 6.07 Å². The first-order valence-corrected chi connectivity index (χ1v) is 6.83. The molecule has 2 unspecified atom stereocenters. The number of rotatable bonds is 4. The highest BCUT2D eigenvalue weighted by atomic mass is 19.1. The first-order chi connectivity index (χ1) is 9.53. The summed E-state index contributed by atoms with van der Waals surface area (Å²) in [5.41, 5.74) is -0.124. The highest BCUT2D eigenvalue weighted by Crippen LogP contribution is 2.47. The van der Waals surface area contributed by atoms with Crippen molar-refractivity contribution in [3.63, 3.8) is 0 Å². The molecule has 0 bridgehead atoms. The third-order valence-corrected chi connectivity index (χ3v) is 4.43. The van der Waals surface area contributed by atoms with Gasteiger partial charge in [-0.15, -0.1) is 0 Å². The molecule has 0 saturated heterocycles. The van der Waals surface area contributed by atoms with Gasteiger partial charge in [-0.3, -0.25) is 9.59 Å². The molecule has 2 aliphatic carbocycles. The van der Waals surface area contributed by atoms with Crippen LogP contribution in [0.2, 0.25) is 0 Å². The molecule has 2 aliphatic rings. The van der Waals surface area contributed by atoms with E-state index in [1.807, 2.05) is 0 Å². The predicted molar refractivity (Wildman–Crippen MR) is 69.3 cm³/mol. The summed E-state index contributed by atoms with van der Waals surface area (Å²) in [4.78, 5) is 23.1. The fourth-order valence-corrected chi connectivity index (χ4v) is 2.87. The number of benzene rings is 1. The number of hydrogen-bond donors (Lipinski definition) is 2. The van der Waals surface area contributed by atoms with E-state index < -0.39 is 23.3 Å². The van der Waals surface area contributed by atoms with Gasteiger partial charge in [0.2, 0.25) is 5.91 Å². The Morgan fingerprint density at radius 3 is 2.35 bits per heavy atom. The Hall–Kier alpha value is -1.91. The summed E-state index contributed by atoms with van der Waals surface area (Å²) in [7, 11) is 0. The Morgan fingerprint density at radius 1 is 1.20 bits per heavy atom. The van der Waals surface area contributed by atoms with Gasteiger partial charge in [0.25, 0.3) is 0 Å². The van der Waals surface area contributed by atoms with Crippen LogP contribution in [0.5, 0.6) is 0 Å². The molecule has 0 spiro atoms. The molecule has 106 valence electrons. The van der Waals surface area contributed by atoms with Gasteiger partial charge in [-0.2, -0.15) is 0 Å². The number of halogens is 1. The Kier molecular flexibility index (Phi) is 3.00. The number of hydrogen-bond acceptors (Lipinski definition) is 2. The summed E-state index contributed by atoms with van der Waals surface area (Å²) >= 11 is 0. The third kappa shape index (κ3) is 2.07. The average Bonchev–Trinajstić information content (AvgIpc) is 3.07. The molecule has 4 nitrogen and oxygen atoms in total. The second kappa shape index (κ2) is 4.58. The van der Waals surface area contributed by atoms with Crippen molar-refractivity contribution < 1.29 is 19.1 Å². The van der Waals surface area contributed by atoms with Crippen LogP contribution in [0.1, 0.15) is 31.2 Å². The molecule has 0 aromatic heterocycles. The zero-order chi connectivity index (χ0) is 14.3. The first kappa shape index (κ1) is 13.1. The van der Waals surface area contributed by atoms with Gasteiger partial charge in [-0.05, 0) is 31.7 Å². The number of carboxylic acids is 1. The minimum absolute atomic E-state index is 0.260. The number of amides is 1. The fourth-order valence-electron chi connectivity index (χ4n) is 2.87. The zero-order valence-corrected chi connectivity index (χ0v) is 10.9. The van der Waals surface area contributed by atoms with E-state index in [-0.39, 0.29) is 11.7 Å². The molecule has 1 aromatic carbocycles. The highest BCUT2D eigenvalue weighted by molar-refractivity contribution is 5.87.